The SMILES string of the molecule is CCN1CCOC(CN2c3ccccc3CCC2CN)C1. The summed E-state index contributed by atoms with van der Waals surface area (Å²) in [4.78, 5) is 4.96. The summed E-state index contributed by atoms with van der Waals surface area (Å²) in [6.45, 7) is 7.95. The Labute approximate surface area is 127 Å². The van der Waals surface area contributed by atoms with Crippen LogP contribution >= 0.6 is 0 Å². The lowest BCUT2D eigenvalue weighted by molar-refractivity contribution is -0.0229. The number of hydrogen-bond acceptors (Lipinski definition) is 4. The number of rotatable bonds is 4. The first kappa shape index (κ1) is 14.8. The molecule has 4 nitrogen and oxygen atoms in total. The van der Waals surface area contributed by atoms with Crippen LogP contribution in [0.4, 0.5) is 5.69 Å². The van der Waals surface area contributed by atoms with Crippen molar-refractivity contribution in [2.45, 2.75) is 31.9 Å². The van der Waals surface area contributed by atoms with E-state index in [1.165, 1.54) is 11.3 Å². The fraction of sp³-hybridized carbons (Fsp3) is 0.647. The van der Waals surface area contributed by atoms with Gasteiger partial charge in [-0.2, -0.15) is 0 Å². The molecule has 2 heterocycles. The van der Waals surface area contributed by atoms with Gasteiger partial charge in [0.25, 0.3) is 0 Å². The minimum Gasteiger partial charge on any atom is -0.374 e. The molecule has 2 unspecified atom stereocenters. The summed E-state index contributed by atoms with van der Waals surface area (Å²) in [5.74, 6) is 0. The quantitative estimate of drug-likeness (QED) is 0.912. The molecule has 1 fully saturated rings. The Morgan fingerprint density at radius 2 is 2.19 bits per heavy atom. The van der Waals surface area contributed by atoms with Crippen molar-refractivity contribution in [1.82, 2.24) is 4.90 Å². The zero-order valence-electron chi connectivity index (χ0n) is 13.0. The van der Waals surface area contributed by atoms with Gasteiger partial charge in [-0.1, -0.05) is 25.1 Å². The molecule has 2 N–H and O–H groups in total. The summed E-state index contributed by atoms with van der Waals surface area (Å²) in [6.07, 6.45) is 2.58. The number of ether oxygens (including phenoxy) is 1. The molecule has 1 aromatic carbocycles. The number of likely N-dealkylation sites (N-methyl/N-ethyl adjacent to an activating group) is 1. The van der Waals surface area contributed by atoms with Gasteiger partial charge in [0.05, 0.1) is 12.7 Å². The molecule has 1 aromatic rings. The highest BCUT2D eigenvalue weighted by Gasteiger charge is 2.29. The van der Waals surface area contributed by atoms with Crippen LogP contribution in [0.3, 0.4) is 0 Å². The second-order valence-electron chi connectivity index (χ2n) is 6.10. The van der Waals surface area contributed by atoms with Gasteiger partial charge in [-0.15, -0.1) is 0 Å². The van der Waals surface area contributed by atoms with E-state index in [2.05, 4.69) is 41.0 Å². The standard InChI is InChI=1S/C17H27N3O/c1-2-19-9-10-21-16(12-19)13-20-15(11-18)8-7-14-5-3-4-6-17(14)20/h3-6,15-16H,2,7-13,18H2,1H3. The van der Waals surface area contributed by atoms with E-state index < -0.39 is 0 Å². The first-order valence-electron chi connectivity index (χ1n) is 8.20. The average molecular weight is 289 g/mol. The maximum atomic E-state index is 6.02. The van der Waals surface area contributed by atoms with Crippen molar-refractivity contribution >= 4 is 5.69 Å². The normalized spacial score (nSPS) is 26.7. The highest BCUT2D eigenvalue weighted by atomic mass is 16.5. The van der Waals surface area contributed by atoms with Crippen LogP contribution in [0.1, 0.15) is 18.9 Å². The fourth-order valence-electron chi connectivity index (χ4n) is 3.57. The number of morpholine rings is 1. The lowest BCUT2D eigenvalue weighted by Gasteiger charge is -2.42. The van der Waals surface area contributed by atoms with Crippen LogP contribution in [0.15, 0.2) is 24.3 Å². The van der Waals surface area contributed by atoms with Gasteiger partial charge < -0.3 is 15.4 Å². The van der Waals surface area contributed by atoms with Crippen molar-refractivity contribution in [3.05, 3.63) is 29.8 Å². The van der Waals surface area contributed by atoms with Crippen LogP contribution in [0, 0.1) is 0 Å². The third-order valence-electron chi connectivity index (χ3n) is 4.83. The van der Waals surface area contributed by atoms with Crippen molar-refractivity contribution in [2.24, 2.45) is 5.73 Å². The van der Waals surface area contributed by atoms with Gasteiger partial charge in [-0.3, -0.25) is 4.90 Å². The van der Waals surface area contributed by atoms with E-state index in [4.69, 9.17) is 10.5 Å². The zero-order chi connectivity index (χ0) is 14.7. The van der Waals surface area contributed by atoms with Gasteiger partial charge >= 0.3 is 0 Å². The van der Waals surface area contributed by atoms with Crippen LogP contribution in [-0.4, -0.2) is 56.4 Å². The number of anilines is 1. The Morgan fingerprint density at radius 1 is 1.33 bits per heavy atom. The Bertz CT molecular complexity index is 465. The maximum absolute atomic E-state index is 6.02. The van der Waals surface area contributed by atoms with Crippen LogP contribution in [0.5, 0.6) is 0 Å². The Kier molecular flexibility index (Phi) is 4.78. The topological polar surface area (TPSA) is 41.7 Å². The van der Waals surface area contributed by atoms with Crippen molar-refractivity contribution in [3.8, 4) is 0 Å². The summed E-state index contributed by atoms with van der Waals surface area (Å²) >= 11 is 0. The molecule has 2 atom stereocenters. The van der Waals surface area contributed by atoms with Crippen molar-refractivity contribution < 1.29 is 4.74 Å². The number of aryl methyl sites for hydroxylation is 1. The van der Waals surface area contributed by atoms with E-state index >= 15 is 0 Å². The molecule has 1 saturated heterocycles. The van der Waals surface area contributed by atoms with E-state index in [1.807, 2.05) is 0 Å². The molecular weight excluding hydrogens is 262 g/mol. The highest BCUT2D eigenvalue weighted by molar-refractivity contribution is 5.56. The molecule has 2 aliphatic rings. The lowest BCUT2D eigenvalue weighted by Crippen LogP contribution is -2.52. The third-order valence-corrected chi connectivity index (χ3v) is 4.83. The molecule has 116 valence electrons. The number of para-hydroxylation sites is 1. The summed E-state index contributed by atoms with van der Waals surface area (Å²) < 4.78 is 6.00. The van der Waals surface area contributed by atoms with Gasteiger partial charge in [0.1, 0.15) is 0 Å². The second kappa shape index (κ2) is 6.77. The van der Waals surface area contributed by atoms with Crippen molar-refractivity contribution in [1.29, 1.82) is 0 Å². The molecule has 4 heteroatoms. The maximum Gasteiger partial charge on any atom is 0.0877 e. The molecule has 0 bridgehead atoms. The number of benzene rings is 1. The van der Waals surface area contributed by atoms with Gasteiger partial charge in [0.15, 0.2) is 0 Å². The van der Waals surface area contributed by atoms with E-state index in [0.29, 0.717) is 12.1 Å². The molecule has 0 aromatic heterocycles. The van der Waals surface area contributed by atoms with E-state index in [0.717, 1.165) is 52.2 Å². The minimum absolute atomic E-state index is 0.291. The lowest BCUT2D eigenvalue weighted by atomic mass is 9.95. The predicted molar refractivity (Wildman–Crippen MR) is 86.8 cm³/mol. The van der Waals surface area contributed by atoms with Crippen molar-refractivity contribution in [2.75, 3.05) is 44.2 Å². The Morgan fingerprint density at radius 3 is 3.00 bits per heavy atom. The summed E-state index contributed by atoms with van der Waals surface area (Å²) in [6, 6.07) is 9.19. The first-order chi connectivity index (χ1) is 10.3. The summed E-state index contributed by atoms with van der Waals surface area (Å²) in [5, 5.41) is 0. The fourth-order valence-corrected chi connectivity index (χ4v) is 3.57. The molecule has 0 spiro atoms. The number of nitrogens with zero attached hydrogens (tertiary/aromatic N) is 2. The molecule has 0 saturated carbocycles. The smallest absolute Gasteiger partial charge is 0.0877 e. The number of nitrogens with two attached hydrogens (primary N) is 1. The van der Waals surface area contributed by atoms with Crippen molar-refractivity contribution in [3.63, 3.8) is 0 Å². The predicted octanol–water partition coefficient (Wildman–Crippen LogP) is 1.49. The molecule has 0 radical (unpaired) electrons. The first-order valence-corrected chi connectivity index (χ1v) is 8.20. The van der Waals surface area contributed by atoms with Gasteiger partial charge in [0.2, 0.25) is 0 Å². The van der Waals surface area contributed by atoms with Gasteiger partial charge in [0, 0.05) is 37.9 Å². The summed E-state index contributed by atoms with van der Waals surface area (Å²) in [7, 11) is 0. The highest BCUT2D eigenvalue weighted by Crippen LogP contribution is 2.30. The van der Waals surface area contributed by atoms with Crippen LogP contribution in [-0.2, 0) is 11.2 Å². The van der Waals surface area contributed by atoms with Gasteiger partial charge in [-0.05, 0) is 31.0 Å². The van der Waals surface area contributed by atoms with Crippen LogP contribution < -0.4 is 10.6 Å². The molecule has 0 aliphatic carbocycles. The Hall–Kier alpha value is -1.10. The summed E-state index contributed by atoms with van der Waals surface area (Å²) in [5.41, 5.74) is 8.82. The Balaban J connectivity index is 1.75. The number of fused-ring (bicyclic) bond motifs is 1. The third kappa shape index (κ3) is 3.23. The van der Waals surface area contributed by atoms with E-state index in [9.17, 15) is 0 Å². The van der Waals surface area contributed by atoms with Gasteiger partial charge in [-0.25, -0.2) is 0 Å². The second-order valence-corrected chi connectivity index (χ2v) is 6.10. The minimum atomic E-state index is 0.291. The molecule has 3 rings (SSSR count). The van der Waals surface area contributed by atoms with Crippen LogP contribution in [0.2, 0.25) is 0 Å². The average Bonchev–Trinajstić information content (AvgIpc) is 2.55. The molecular formula is C17H27N3O. The molecule has 2 aliphatic heterocycles. The van der Waals surface area contributed by atoms with E-state index in [1.54, 1.807) is 0 Å². The molecule has 21 heavy (non-hydrogen) atoms. The molecule has 0 amide bonds. The number of hydrogen-bond donors (Lipinski definition) is 1. The van der Waals surface area contributed by atoms with Crippen LogP contribution in [0.25, 0.3) is 0 Å². The zero-order valence-corrected chi connectivity index (χ0v) is 13.0. The largest absolute Gasteiger partial charge is 0.374 e. The van der Waals surface area contributed by atoms with E-state index in [-0.39, 0.29) is 0 Å². The monoisotopic (exact) mass is 289 g/mol.